The molecule has 2 aliphatic rings. The highest BCUT2D eigenvalue weighted by atomic mass is 35.5. The van der Waals surface area contributed by atoms with Crippen molar-refractivity contribution in [1.29, 1.82) is 0 Å². The van der Waals surface area contributed by atoms with Crippen LogP contribution < -0.4 is 5.73 Å². The number of nitrogen functional groups attached to an aromatic ring is 1. The molecule has 3 nitrogen and oxygen atoms in total. The van der Waals surface area contributed by atoms with Crippen molar-refractivity contribution >= 4 is 34.7 Å². The van der Waals surface area contributed by atoms with Crippen LogP contribution in [-0.4, -0.2) is 30.3 Å². The van der Waals surface area contributed by atoms with Crippen LogP contribution in [0.1, 0.15) is 36.0 Å². The number of piperidine rings is 1. The number of fused-ring (bicyclic) bond motifs is 1. The summed E-state index contributed by atoms with van der Waals surface area (Å²) in [5.74, 6) is 1.37. The van der Waals surface area contributed by atoms with Gasteiger partial charge >= 0.3 is 0 Å². The van der Waals surface area contributed by atoms with Crippen molar-refractivity contribution in [1.82, 2.24) is 4.90 Å². The number of likely N-dealkylation sites (tertiary alicyclic amines) is 1. The van der Waals surface area contributed by atoms with Gasteiger partial charge in [-0.15, -0.1) is 12.4 Å². The molecule has 1 heterocycles. The lowest BCUT2D eigenvalue weighted by atomic mass is 9.89. The van der Waals surface area contributed by atoms with Crippen LogP contribution in [0.5, 0.6) is 0 Å². The highest BCUT2D eigenvalue weighted by Gasteiger charge is 2.30. The predicted molar refractivity (Wildman–Crippen MR) is 102 cm³/mol. The van der Waals surface area contributed by atoms with E-state index in [9.17, 15) is 4.79 Å². The van der Waals surface area contributed by atoms with Gasteiger partial charge in [0.05, 0.1) is 0 Å². The Bertz CT molecular complexity index is 741. The zero-order valence-corrected chi connectivity index (χ0v) is 14.7. The molecular formula is C20H25ClN2O. The number of ketones is 1. The quantitative estimate of drug-likeness (QED) is 0.669. The third kappa shape index (κ3) is 3.73. The average Bonchev–Trinajstić information content (AvgIpc) is 3.38. The van der Waals surface area contributed by atoms with Gasteiger partial charge in [0.15, 0.2) is 5.78 Å². The van der Waals surface area contributed by atoms with Gasteiger partial charge in [0.25, 0.3) is 0 Å². The Morgan fingerprint density at radius 3 is 2.62 bits per heavy atom. The van der Waals surface area contributed by atoms with E-state index in [0.29, 0.717) is 5.78 Å². The SMILES string of the molecule is Cl.Nc1ccc2cc(C(=O)C3CCCN(CC4CC4)C3)ccc2c1. The van der Waals surface area contributed by atoms with Gasteiger partial charge in [0.2, 0.25) is 0 Å². The molecule has 2 N–H and O–H groups in total. The number of anilines is 1. The minimum atomic E-state index is 0. The van der Waals surface area contributed by atoms with Gasteiger partial charge in [-0.05, 0) is 67.1 Å². The number of nitrogens with two attached hydrogens (primary N) is 1. The smallest absolute Gasteiger partial charge is 0.167 e. The van der Waals surface area contributed by atoms with Crippen molar-refractivity contribution in [3.8, 4) is 0 Å². The Balaban J connectivity index is 0.00000169. The minimum absolute atomic E-state index is 0. The zero-order chi connectivity index (χ0) is 15.8. The van der Waals surface area contributed by atoms with E-state index >= 15 is 0 Å². The molecule has 2 fully saturated rings. The zero-order valence-electron chi connectivity index (χ0n) is 13.9. The summed E-state index contributed by atoms with van der Waals surface area (Å²) < 4.78 is 0. The second-order valence-electron chi connectivity index (χ2n) is 7.23. The maximum absolute atomic E-state index is 12.9. The van der Waals surface area contributed by atoms with Crippen LogP contribution in [0.3, 0.4) is 0 Å². The van der Waals surface area contributed by atoms with Crippen LogP contribution in [0, 0.1) is 11.8 Å². The molecule has 1 unspecified atom stereocenters. The molecule has 1 saturated carbocycles. The summed E-state index contributed by atoms with van der Waals surface area (Å²) in [5.41, 5.74) is 7.44. The molecule has 2 aromatic rings. The lowest BCUT2D eigenvalue weighted by molar-refractivity contribution is 0.0815. The van der Waals surface area contributed by atoms with Gasteiger partial charge < -0.3 is 10.6 Å². The molecule has 2 aromatic carbocycles. The molecule has 1 saturated heterocycles. The molecule has 128 valence electrons. The van der Waals surface area contributed by atoms with E-state index in [1.165, 1.54) is 19.4 Å². The maximum Gasteiger partial charge on any atom is 0.167 e. The summed E-state index contributed by atoms with van der Waals surface area (Å²) in [6, 6.07) is 11.9. The summed E-state index contributed by atoms with van der Waals surface area (Å²) >= 11 is 0. The second kappa shape index (κ2) is 7.12. The predicted octanol–water partition coefficient (Wildman–Crippen LogP) is 4.15. The number of halogens is 1. The number of rotatable bonds is 4. The molecule has 0 radical (unpaired) electrons. The van der Waals surface area contributed by atoms with E-state index in [0.717, 1.165) is 53.9 Å². The summed E-state index contributed by atoms with van der Waals surface area (Å²) in [4.78, 5) is 15.4. The van der Waals surface area contributed by atoms with Gasteiger partial charge in [-0.2, -0.15) is 0 Å². The third-order valence-electron chi connectivity index (χ3n) is 5.24. The number of Topliss-reactive ketones (excluding diaryl/α,β-unsaturated/α-hetero) is 1. The molecular weight excluding hydrogens is 320 g/mol. The fourth-order valence-electron chi connectivity index (χ4n) is 3.75. The van der Waals surface area contributed by atoms with E-state index < -0.39 is 0 Å². The monoisotopic (exact) mass is 344 g/mol. The summed E-state index contributed by atoms with van der Waals surface area (Å²) in [6.07, 6.45) is 4.93. The molecule has 24 heavy (non-hydrogen) atoms. The van der Waals surface area contributed by atoms with Crippen molar-refractivity contribution in [2.75, 3.05) is 25.4 Å². The number of hydrogen-bond acceptors (Lipinski definition) is 3. The number of hydrogen-bond donors (Lipinski definition) is 1. The first-order valence-corrected chi connectivity index (χ1v) is 8.75. The van der Waals surface area contributed by atoms with E-state index in [4.69, 9.17) is 5.73 Å². The summed E-state index contributed by atoms with van der Waals surface area (Å²) in [5, 5.41) is 2.19. The van der Waals surface area contributed by atoms with E-state index in [1.807, 2.05) is 36.4 Å². The Morgan fingerprint density at radius 1 is 1.08 bits per heavy atom. The molecule has 0 spiro atoms. The van der Waals surface area contributed by atoms with Crippen molar-refractivity contribution in [2.45, 2.75) is 25.7 Å². The second-order valence-corrected chi connectivity index (χ2v) is 7.23. The van der Waals surface area contributed by atoms with Crippen LogP contribution in [-0.2, 0) is 0 Å². The van der Waals surface area contributed by atoms with Crippen molar-refractivity contribution in [2.24, 2.45) is 11.8 Å². The first-order chi connectivity index (χ1) is 11.2. The van der Waals surface area contributed by atoms with Crippen molar-refractivity contribution in [3.63, 3.8) is 0 Å². The Labute approximate surface area is 149 Å². The molecule has 1 aliphatic heterocycles. The van der Waals surface area contributed by atoms with Gasteiger partial charge in [0, 0.05) is 30.3 Å². The maximum atomic E-state index is 12.9. The number of carbonyl (C=O) groups excluding carboxylic acids is 1. The van der Waals surface area contributed by atoms with E-state index in [2.05, 4.69) is 4.90 Å². The Kier molecular flexibility index (Phi) is 5.12. The average molecular weight is 345 g/mol. The van der Waals surface area contributed by atoms with Crippen LogP contribution >= 0.6 is 12.4 Å². The Hall–Kier alpha value is -1.58. The standard InChI is InChI=1S/C20H24N2O.ClH/c21-19-8-7-15-10-17(6-5-16(15)11-19)20(23)18-2-1-9-22(13-18)12-14-3-4-14;/h5-8,10-11,14,18H,1-4,9,12-13,21H2;1H. The number of nitrogens with zero attached hydrogens (tertiary/aromatic N) is 1. The molecule has 0 amide bonds. The highest BCUT2D eigenvalue weighted by molar-refractivity contribution is 6.01. The largest absolute Gasteiger partial charge is 0.399 e. The van der Waals surface area contributed by atoms with Crippen molar-refractivity contribution in [3.05, 3.63) is 42.0 Å². The lowest BCUT2D eigenvalue weighted by Crippen LogP contribution is -2.39. The third-order valence-corrected chi connectivity index (χ3v) is 5.24. The highest BCUT2D eigenvalue weighted by Crippen LogP contribution is 2.32. The molecule has 0 aromatic heterocycles. The van der Waals surface area contributed by atoms with Gasteiger partial charge in [-0.25, -0.2) is 0 Å². The molecule has 1 aliphatic carbocycles. The minimum Gasteiger partial charge on any atom is -0.399 e. The Morgan fingerprint density at radius 2 is 1.83 bits per heavy atom. The van der Waals surface area contributed by atoms with Gasteiger partial charge in [0.1, 0.15) is 0 Å². The molecule has 1 atom stereocenters. The first-order valence-electron chi connectivity index (χ1n) is 8.75. The first kappa shape index (κ1) is 17.2. The topological polar surface area (TPSA) is 46.3 Å². The molecule has 4 rings (SSSR count). The summed E-state index contributed by atoms with van der Waals surface area (Å²) in [6.45, 7) is 3.30. The number of benzene rings is 2. The van der Waals surface area contributed by atoms with Crippen LogP contribution in [0.15, 0.2) is 36.4 Å². The fraction of sp³-hybridized carbons (Fsp3) is 0.450. The molecule has 0 bridgehead atoms. The normalized spacial score (nSPS) is 21.4. The van der Waals surface area contributed by atoms with E-state index in [1.54, 1.807) is 0 Å². The van der Waals surface area contributed by atoms with Crippen LogP contribution in [0.4, 0.5) is 5.69 Å². The summed E-state index contributed by atoms with van der Waals surface area (Å²) in [7, 11) is 0. The van der Waals surface area contributed by atoms with Crippen LogP contribution in [0.2, 0.25) is 0 Å². The van der Waals surface area contributed by atoms with E-state index in [-0.39, 0.29) is 18.3 Å². The lowest BCUT2D eigenvalue weighted by Gasteiger charge is -2.32. The molecule has 4 heteroatoms. The van der Waals surface area contributed by atoms with Crippen LogP contribution in [0.25, 0.3) is 10.8 Å². The van der Waals surface area contributed by atoms with Gasteiger partial charge in [-0.1, -0.05) is 18.2 Å². The number of carbonyl (C=O) groups is 1. The fourth-order valence-corrected chi connectivity index (χ4v) is 3.75. The van der Waals surface area contributed by atoms with Crippen molar-refractivity contribution < 1.29 is 4.79 Å². The van der Waals surface area contributed by atoms with Gasteiger partial charge in [-0.3, -0.25) is 4.79 Å².